The molecule has 0 aliphatic carbocycles. The minimum Gasteiger partial charge on any atom is -0.350 e. The van der Waals surface area contributed by atoms with E-state index in [1.807, 2.05) is 31.0 Å². The number of aryl methyl sites for hydroxylation is 1. The average Bonchev–Trinajstić information content (AvgIpc) is 3.07. The number of aliphatic imine (C=N–C) groups is 1. The zero-order valence-corrected chi connectivity index (χ0v) is 14.6. The molecule has 1 aliphatic heterocycles. The van der Waals surface area contributed by atoms with Crippen LogP contribution in [0.3, 0.4) is 0 Å². The van der Waals surface area contributed by atoms with Gasteiger partial charge in [-0.05, 0) is 24.1 Å². The summed E-state index contributed by atoms with van der Waals surface area (Å²) in [7, 11) is 3.78. The first-order valence-electron chi connectivity index (χ1n) is 6.82. The molecule has 0 fully saturated rings. The second-order valence-corrected chi connectivity index (χ2v) is 4.88. The Morgan fingerprint density at radius 2 is 2.14 bits per heavy atom. The summed E-state index contributed by atoms with van der Waals surface area (Å²) in [6.07, 6.45) is 2.88. The Kier molecular flexibility index (Phi) is 5.22. The maximum absolute atomic E-state index is 4.40. The normalized spacial score (nSPS) is 13.8. The van der Waals surface area contributed by atoms with Crippen LogP contribution in [0.1, 0.15) is 11.3 Å². The summed E-state index contributed by atoms with van der Waals surface area (Å²) in [5.41, 5.74) is 3.78. The first-order valence-corrected chi connectivity index (χ1v) is 6.82. The summed E-state index contributed by atoms with van der Waals surface area (Å²) in [6, 6.07) is 10.5. The van der Waals surface area contributed by atoms with Gasteiger partial charge in [0.2, 0.25) is 0 Å². The van der Waals surface area contributed by atoms with E-state index in [-0.39, 0.29) is 24.0 Å². The van der Waals surface area contributed by atoms with Crippen molar-refractivity contribution in [3.63, 3.8) is 0 Å². The van der Waals surface area contributed by atoms with Crippen molar-refractivity contribution < 1.29 is 0 Å². The molecular formula is C15H20IN5. The van der Waals surface area contributed by atoms with Crippen LogP contribution in [0.4, 0.5) is 5.69 Å². The van der Waals surface area contributed by atoms with E-state index < -0.39 is 0 Å². The smallest absolute Gasteiger partial charge is 0.198 e. The average molecular weight is 397 g/mol. The highest BCUT2D eigenvalue weighted by Gasteiger charge is 2.22. The quantitative estimate of drug-likeness (QED) is 0.480. The van der Waals surface area contributed by atoms with Crippen molar-refractivity contribution >= 4 is 35.6 Å². The molecule has 0 amide bonds. The summed E-state index contributed by atoms with van der Waals surface area (Å²) < 4.78 is 1.87. The summed E-state index contributed by atoms with van der Waals surface area (Å²) in [5, 5.41) is 7.59. The van der Waals surface area contributed by atoms with Gasteiger partial charge in [0, 0.05) is 32.5 Å². The van der Waals surface area contributed by atoms with Crippen LogP contribution in [0.2, 0.25) is 0 Å². The van der Waals surface area contributed by atoms with Gasteiger partial charge in [-0.25, -0.2) is 0 Å². The monoisotopic (exact) mass is 397 g/mol. The van der Waals surface area contributed by atoms with Crippen LogP contribution in [-0.2, 0) is 20.0 Å². The molecule has 1 aromatic carbocycles. The number of aromatic nitrogens is 2. The Bertz CT molecular complexity index is 634. The molecule has 1 aliphatic rings. The van der Waals surface area contributed by atoms with Crippen molar-refractivity contribution in [3.8, 4) is 0 Å². The van der Waals surface area contributed by atoms with Gasteiger partial charge in [0.1, 0.15) is 0 Å². The van der Waals surface area contributed by atoms with Crippen molar-refractivity contribution in [3.05, 3.63) is 47.8 Å². The maximum Gasteiger partial charge on any atom is 0.198 e. The molecule has 5 nitrogen and oxygen atoms in total. The molecule has 2 aromatic rings. The number of para-hydroxylation sites is 1. The van der Waals surface area contributed by atoms with Crippen molar-refractivity contribution in [2.75, 3.05) is 18.5 Å². The van der Waals surface area contributed by atoms with E-state index in [0.717, 1.165) is 31.2 Å². The number of benzene rings is 1. The summed E-state index contributed by atoms with van der Waals surface area (Å²) in [5.74, 6) is 0.913. The topological polar surface area (TPSA) is 45.5 Å². The first kappa shape index (κ1) is 15.8. The minimum atomic E-state index is 0. The van der Waals surface area contributed by atoms with Crippen molar-refractivity contribution in [2.45, 2.75) is 13.0 Å². The number of guanidine groups is 1. The third kappa shape index (κ3) is 3.20. The van der Waals surface area contributed by atoms with Crippen LogP contribution in [0.15, 0.2) is 41.5 Å². The molecule has 21 heavy (non-hydrogen) atoms. The van der Waals surface area contributed by atoms with E-state index in [4.69, 9.17) is 0 Å². The van der Waals surface area contributed by atoms with Crippen LogP contribution in [0, 0.1) is 0 Å². The highest BCUT2D eigenvalue weighted by molar-refractivity contribution is 14.0. The van der Waals surface area contributed by atoms with Gasteiger partial charge in [0.05, 0.1) is 12.2 Å². The van der Waals surface area contributed by atoms with Gasteiger partial charge >= 0.3 is 0 Å². The first-order chi connectivity index (χ1) is 9.79. The lowest BCUT2D eigenvalue weighted by molar-refractivity contribution is 0.690. The number of nitrogens with one attached hydrogen (secondary N) is 1. The summed E-state index contributed by atoms with van der Waals surface area (Å²) in [4.78, 5) is 6.64. The van der Waals surface area contributed by atoms with Gasteiger partial charge in [-0.3, -0.25) is 9.67 Å². The number of hydrogen-bond donors (Lipinski definition) is 1. The fourth-order valence-electron chi connectivity index (χ4n) is 2.60. The van der Waals surface area contributed by atoms with E-state index in [2.05, 4.69) is 44.6 Å². The van der Waals surface area contributed by atoms with Crippen molar-refractivity contribution in [1.82, 2.24) is 15.1 Å². The number of rotatable bonds is 2. The maximum atomic E-state index is 4.40. The Morgan fingerprint density at radius 1 is 1.33 bits per heavy atom. The van der Waals surface area contributed by atoms with Gasteiger partial charge in [0.15, 0.2) is 5.96 Å². The Morgan fingerprint density at radius 3 is 2.86 bits per heavy atom. The number of fused-ring (bicyclic) bond motifs is 1. The predicted octanol–water partition coefficient (Wildman–Crippen LogP) is 2.18. The highest BCUT2D eigenvalue weighted by atomic mass is 127. The SMILES string of the molecule is CN=C(NCc1ccnn1C)N1CCc2ccccc21.I. The molecule has 0 saturated heterocycles. The van der Waals surface area contributed by atoms with Gasteiger partial charge in [-0.2, -0.15) is 5.10 Å². The molecular weight excluding hydrogens is 377 g/mol. The molecule has 6 heteroatoms. The molecule has 1 aromatic heterocycles. The lowest BCUT2D eigenvalue weighted by Gasteiger charge is -2.22. The molecule has 0 saturated carbocycles. The fourth-order valence-corrected chi connectivity index (χ4v) is 2.60. The minimum absolute atomic E-state index is 0. The number of nitrogens with zero attached hydrogens (tertiary/aromatic N) is 4. The van der Waals surface area contributed by atoms with E-state index in [9.17, 15) is 0 Å². The molecule has 112 valence electrons. The van der Waals surface area contributed by atoms with Gasteiger partial charge in [0.25, 0.3) is 0 Å². The van der Waals surface area contributed by atoms with E-state index in [0.29, 0.717) is 0 Å². The molecule has 2 heterocycles. The standard InChI is InChI=1S/C15H19N5.HI/c1-16-15(17-11-13-7-9-18-19(13)2)20-10-8-12-5-3-4-6-14(12)20;/h3-7,9H,8,10-11H2,1-2H3,(H,16,17);1H. The van der Waals surface area contributed by atoms with E-state index in [1.165, 1.54) is 11.3 Å². The Hall–Kier alpha value is -1.57. The van der Waals surface area contributed by atoms with Crippen LogP contribution in [-0.4, -0.2) is 29.3 Å². The van der Waals surface area contributed by atoms with Gasteiger partial charge in [-0.15, -0.1) is 24.0 Å². The number of anilines is 1. The number of hydrogen-bond acceptors (Lipinski definition) is 2. The Balaban J connectivity index is 0.00000161. The van der Waals surface area contributed by atoms with Crippen molar-refractivity contribution in [2.24, 2.45) is 12.0 Å². The van der Waals surface area contributed by atoms with Crippen LogP contribution in [0.25, 0.3) is 0 Å². The zero-order valence-electron chi connectivity index (χ0n) is 12.3. The van der Waals surface area contributed by atoms with Crippen LogP contribution >= 0.6 is 24.0 Å². The van der Waals surface area contributed by atoms with Crippen molar-refractivity contribution in [1.29, 1.82) is 0 Å². The lowest BCUT2D eigenvalue weighted by Crippen LogP contribution is -2.40. The van der Waals surface area contributed by atoms with Gasteiger partial charge < -0.3 is 10.2 Å². The van der Waals surface area contributed by atoms with Gasteiger partial charge in [-0.1, -0.05) is 18.2 Å². The molecule has 0 unspecified atom stereocenters. The zero-order chi connectivity index (χ0) is 13.9. The third-order valence-electron chi connectivity index (χ3n) is 3.70. The summed E-state index contributed by atoms with van der Waals surface area (Å²) >= 11 is 0. The van der Waals surface area contributed by atoms with Crippen LogP contribution in [0.5, 0.6) is 0 Å². The molecule has 0 spiro atoms. The Labute approximate surface area is 142 Å². The van der Waals surface area contributed by atoms with E-state index >= 15 is 0 Å². The van der Waals surface area contributed by atoms with Crippen LogP contribution < -0.4 is 10.2 Å². The molecule has 3 rings (SSSR count). The second-order valence-electron chi connectivity index (χ2n) is 4.88. The summed E-state index contributed by atoms with van der Waals surface area (Å²) in [6.45, 7) is 1.70. The van der Waals surface area contributed by atoms with E-state index in [1.54, 1.807) is 0 Å². The molecule has 1 N–H and O–H groups in total. The second kappa shape index (κ2) is 6.93. The fraction of sp³-hybridized carbons (Fsp3) is 0.333. The number of halogens is 1. The highest BCUT2D eigenvalue weighted by Crippen LogP contribution is 2.27. The molecule has 0 radical (unpaired) electrons. The largest absolute Gasteiger partial charge is 0.350 e. The molecule has 0 atom stereocenters. The predicted molar refractivity (Wildman–Crippen MR) is 96.3 cm³/mol. The molecule has 0 bridgehead atoms. The lowest BCUT2D eigenvalue weighted by atomic mass is 10.2. The third-order valence-corrected chi connectivity index (χ3v) is 3.70.